The molecule has 300 valence electrons. The largest absolute Gasteiger partial charge is 0.0839 e. The van der Waals surface area contributed by atoms with Crippen molar-refractivity contribution in [3.05, 3.63) is 248 Å². The average molecular weight is 797 g/mol. The van der Waals surface area contributed by atoms with E-state index in [1.807, 2.05) is 0 Å². The van der Waals surface area contributed by atoms with Crippen molar-refractivity contribution < 1.29 is 0 Å². The summed E-state index contributed by atoms with van der Waals surface area (Å²) < 4.78 is 0. The zero-order valence-corrected chi connectivity index (χ0v) is 36.4. The Kier molecular flexibility index (Phi) is 8.43. The van der Waals surface area contributed by atoms with Crippen LogP contribution in [0.3, 0.4) is 0 Å². The van der Waals surface area contributed by atoms with Crippen molar-refractivity contribution in [2.45, 2.75) is 76.5 Å². The number of fused-ring (bicyclic) bond motifs is 11. The van der Waals surface area contributed by atoms with Crippen LogP contribution in [0.2, 0.25) is 0 Å². The Balaban J connectivity index is 0.977. The van der Waals surface area contributed by atoms with Crippen LogP contribution >= 0.6 is 0 Å². The van der Waals surface area contributed by atoms with Gasteiger partial charge in [-0.25, -0.2) is 0 Å². The van der Waals surface area contributed by atoms with Crippen molar-refractivity contribution in [2.24, 2.45) is 0 Å². The van der Waals surface area contributed by atoms with Gasteiger partial charge in [0.2, 0.25) is 0 Å². The minimum atomic E-state index is -0.275. The number of allylic oxidation sites excluding steroid dienone is 8. The van der Waals surface area contributed by atoms with E-state index in [0.717, 1.165) is 32.1 Å². The van der Waals surface area contributed by atoms with Gasteiger partial charge in [0, 0.05) is 11.3 Å². The molecule has 62 heavy (non-hydrogen) atoms. The Morgan fingerprint density at radius 3 is 1.73 bits per heavy atom. The van der Waals surface area contributed by atoms with Crippen LogP contribution in [0.4, 0.5) is 0 Å². The maximum absolute atomic E-state index is 2.64. The first-order chi connectivity index (χ1) is 30.3. The van der Waals surface area contributed by atoms with Crippen LogP contribution in [0.25, 0.3) is 44.5 Å². The van der Waals surface area contributed by atoms with Gasteiger partial charge < -0.3 is 0 Å². The summed E-state index contributed by atoms with van der Waals surface area (Å²) in [7, 11) is 0. The molecule has 0 radical (unpaired) electrons. The SMILES string of the molecule is Cc1ccccc1-c1ccc(C(Cc2ccc(-c3ccc4c(c3)-c3ccccc3C4(C)C)cc2)c2ccc3c(c2)C2(C4=C(CCC=C4)c4ccccc42)C2=C3CCC=C2)cc1C. The number of hydrogen-bond acceptors (Lipinski definition) is 0. The van der Waals surface area contributed by atoms with Crippen molar-refractivity contribution in [1.82, 2.24) is 0 Å². The molecule has 0 bridgehead atoms. The molecule has 0 fully saturated rings. The fourth-order valence-corrected chi connectivity index (χ4v) is 12.4. The molecular weight excluding hydrogens is 745 g/mol. The van der Waals surface area contributed by atoms with Crippen molar-refractivity contribution >= 4 is 11.1 Å². The fourth-order valence-electron chi connectivity index (χ4n) is 12.4. The molecule has 1 spiro atoms. The van der Waals surface area contributed by atoms with Crippen LogP contribution in [-0.2, 0) is 17.3 Å². The molecule has 5 aliphatic carbocycles. The van der Waals surface area contributed by atoms with Crippen molar-refractivity contribution in [3.63, 3.8) is 0 Å². The Labute approximate surface area is 367 Å². The maximum atomic E-state index is 2.64. The summed E-state index contributed by atoms with van der Waals surface area (Å²) in [4.78, 5) is 0. The molecule has 0 amide bonds. The fraction of sp³-hybridized carbons (Fsp3) is 0.194. The summed E-state index contributed by atoms with van der Waals surface area (Å²) in [5.74, 6) is 0.173. The lowest BCUT2D eigenvalue weighted by Crippen LogP contribution is -2.28. The molecule has 2 unspecified atom stereocenters. The molecule has 0 aromatic heterocycles. The van der Waals surface area contributed by atoms with Gasteiger partial charge in [-0.1, -0.05) is 184 Å². The predicted octanol–water partition coefficient (Wildman–Crippen LogP) is 15.8. The van der Waals surface area contributed by atoms with Crippen LogP contribution in [0.1, 0.15) is 107 Å². The van der Waals surface area contributed by atoms with Gasteiger partial charge >= 0.3 is 0 Å². The summed E-state index contributed by atoms with van der Waals surface area (Å²) in [5, 5.41) is 0. The first kappa shape index (κ1) is 37.3. The second kappa shape index (κ2) is 14.0. The van der Waals surface area contributed by atoms with E-state index in [-0.39, 0.29) is 16.7 Å². The van der Waals surface area contributed by atoms with Gasteiger partial charge in [-0.3, -0.25) is 0 Å². The van der Waals surface area contributed by atoms with Gasteiger partial charge in [-0.15, -0.1) is 0 Å². The minimum absolute atomic E-state index is 0.0105. The average Bonchev–Trinajstić information content (AvgIpc) is 3.87. The van der Waals surface area contributed by atoms with Crippen LogP contribution in [0, 0.1) is 13.8 Å². The van der Waals surface area contributed by atoms with E-state index in [2.05, 4.69) is 204 Å². The summed E-state index contributed by atoms with van der Waals surface area (Å²) in [6.45, 7) is 9.24. The minimum Gasteiger partial charge on any atom is -0.0839 e. The van der Waals surface area contributed by atoms with E-state index >= 15 is 0 Å². The zero-order valence-electron chi connectivity index (χ0n) is 36.4. The highest BCUT2D eigenvalue weighted by Crippen LogP contribution is 2.64. The van der Waals surface area contributed by atoms with Gasteiger partial charge in [0.05, 0.1) is 5.41 Å². The van der Waals surface area contributed by atoms with Gasteiger partial charge in [-0.05, 0) is 169 Å². The van der Waals surface area contributed by atoms with Crippen molar-refractivity contribution in [3.8, 4) is 33.4 Å². The second-order valence-electron chi connectivity index (χ2n) is 19.0. The summed E-state index contributed by atoms with van der Waals surface area (Å²) in [6.07, 6.45) is 15.1. The third-order valence-corrected chi connectivity index (χ3v) is 15.4. The first-order valence-corrected chi connectivity index (χ1v) is 22.9. The first-order valence-electron chi connectivity index (χ1n) is 22.9. The van der Waals surface area contributed by atoms with E-state index in [1.54, 1.807) is 11.1 Å². The normalized spacial score (nSPS) is 19.0. The molecule has 0 N–H and O–H groups in total. The van der Waals surface area contributed by atoms with E-state index in [0.29, 0.717) is 0 Å². The highest BCUT2D eigenvalue weighted by Gasteiger charge is 2.53. The van der Waals surface area contributed by atoms with Crippen LogP contribution in [0.5, 0.6) is 0 Å². The van der Waals surface area contributed by atoms with E-state index in [1.165, 1.54) is 106 Å². The Bertz CT molecular complexity index is 3120. The van der Waals surface area contributed by atoms with E-state index < -0.39 is 0 Å². The Morgan fingerprint density at radius 2 is 1.02 bits per heavy atom. The molecule has 2 atom stereocenters. The molecule has 0 saturated heterocycles. The zero-order chi connectivity index (χ0) is 41.7. The lowest BCUT2D eigenvalue weighted by Gasteiger charge is -2.34. The molecule has 0 heteroatoms. The van der Waals surface area contributed by atoms with Crippen molar-refractivity contribution in [2.75, 3.05) is 0 Å². The number of hydrogen-bond donors (Lipinski definition) is 0. The molecular formula is C62H52. The quantitative estimate of drug-likeness (QED) is 0.157. The van der Waals surface area contributed by atoms with Gasteiger partial charge in [-0.2, -0.15) is 0 Å². The topological polar surface area (TPSA) is 0 Å². The molecule has 12 rings (SSSR count). The number of aryl methyl sites for hydroxylation is 2. The summed E-state index contributed by atoms with van der Waals surface area (Å²) in [6, 6.07) is 58.6. The van der Waals surface area contributed by atoms with Crippen LogP contribution < -0.4 is 0 Å². The molecule has 5 aliphatic rings. The van der Waals surface area contributed by atoms with Gasteiger partial charge in [0.15, 0.2) is 0 Å². The van der Waals surface area contributed by atoms with Crippen molar-refractivity contribution in [1.29, 1.82) is 0 Å². The highest BCUT2D eigenvalue weighted by molar-refractivity contribution is 5.97. The van der Waals surface area contributed by atoms with Gasteiger partial charge in [0.1, 0.15) is 0 Å². The van der Waals surface area contributed by atoms with E-state index in [9.17, 15) is 0 Å². The molecule has 7 aromatic carbocycles. The highest BCUT2D eigenvalue weighted by atomic mass is 14.5. The molecule has 7 aromatic rings. The third-order valence-electron chi connectivity index (χ3n) is 15.4. The molecule has 0 saturated carbocycles. The molecule has 0 nitrogen and oxygen atoms in total. The third kappa shape index (κ3) is 5.38. The lowest BCUT2D eigenvalue weighted by atomic mass is 9.67. The standard InChI is InChI=1S/C62H52/c1-39-15-5-6-16-46(39)47-32-29-44(35-40(47)2)53(36-41-25-27-42(28-26-41)43-31-34-56-54(37-43)51-20-7-11-21-55(51)61(56,3)4)45-30-33-52-50-19-10-14-24-59(50)62(60(52)38-45)57-22-12-8-17-48(57)49-18-9-13-23-58(49)62/h5-8,11-17,20-35,37-38,53H,9-10,18-19,36H2,1-4H3. The maximum Gasteiger partial charge on any atom is 0.0718 e. The van der Waals surface area contributed by atoms with Gasteiger partial charge in [0.25, 0.3) is 0 Å². The van der Waals surface area contributed by atoms with Crippen LogP contribution in [0.15, 0.2) is 187 Å². The summed E-state index contributed by atoms with van der Waals surface area (Å²) >= 11 is 0. The second-order valence-corrected chi connectivity index (χ2v) is 19.0. The number of benzene rings is 7. The smallest absolute Gasteiger partial charge is 0.0718 e. The van der Waals surface area contributed by atoms with E-state index in [4.69, 9.17) is 0 Å². The summed E-state index contributed by atoms with van der Waals surface area (Å²) in [5.41, 5.74) is 29.2. The molecule has 0 aliphatic heterocycles. The monoisotopic (exact) mass is 796 g/mol. The van der Waals surface area contributed by atoms with Crippen LogP contribution in [-0.4, -0.2) is 0 Å². The Morgan fingerprint density at radius 1 is 0.452 bits per heavy atom. The lowest BCUT2D eigenvalue weighted by molar-refractivity contribution is 0.660. The predicted molar refractivity (Wildman–Crippen MR) is 261 cm³/mol. The number of rotatable bonds is 6. The molecule has 0 heterocycles. The Hall–Kier alpha value is -6.50.